The Morgan fingerprint density at radius 3 is 2.77 bits per heavy atom. The number of halogens is 1. The SMILES string of the molecule is OCCc1nc2c(s1)-c1ccccc1Sc1cc(Cl)ccc1-2. The molecule has 0 radical (unpaired) electrons. The fourth-order valence-electron chi connectivity index (χ4n) is 2.57. The summed E-state index contributed by atoms with van der Waals surface area (Å²) in [6.45, 7) is 0.121. The number of aliphatic hydroxyl groups excluding tert-OH is 1. The van der Waals surface area contributed by atoms with Crippen LogP contribution in [-0.4, -0.2) is 16.7 Å². The number of aromatic nitrogens is 1. The topological polar surface area (TPSA) is 33.1 Å². The molecule has 1 aromatic heterocycles. The number of aliphatic hydroxyl groups is 1. The summed E-state index contributed by atoms with van der Waals surface area (Å²) in [7, 11) is 0. The minimum atomic E-state index is 0.121. The smallest absolute Gasteiger partial charge is 0.0961 e. The molecule has 0 aliphatic carbocycles. The fraction of sp³-hybridized carbons (Fsp3) is 0.118. The van der Waals surface area contributed by atoms with E-state index in [1.54, 1.807) is 23.1 Å². The van der Waals surface area contributed by atoms with Crippen LogP contribution >= 0.6 is 34.7 Å². The van der Waals surface area contributed by atoms with E-state index < -0.39 is 0 Å². The highest BCUT2D eigenvalue weighted by Gasteiger charge is 2.23. The number of fused-ring (bicyclic) bond motifs is 5. The predicted molar refractivity (Wildman–Crippen MR) is 92.9 cm³/mol. The van der Waals surface area contributed by atoms with Gasteiger partial charge in [0, 0.05) is 39.0 Å². The molecule has 2 nitrogen and oxygen atoms in total. The van der Waals surface area contributed by atoms with Crippen LogP contribution in [0.2, 0.25) is 5.02 Å². The second kappa shape index (κ2) is 5.70. The number of hydrogen-bond donors (Lipinski definition) is 1. The van der Waals surface area contributed by atoms with E-state index in [0.29, 0.717) is 6.42 Å². The fourth-order valence-corrected chi connectivity index (χ4v) is 5.10. The molecule has 110 valence electrons. The van der Waals surface area contributed by atoms with Crippen LogP contribution in [0.3, 0.4) is 0 Å². The molecule has 2 aromatic carbocycles. The summed E-state index contributed by atoms with van der Waals surface area (Å²) in [6.07, 6.45) is 0.593. The lowest BCUT2D eigenvalue weighted by Crippen LogP contribution is -1.89. The summed E-state index contributed by atoms with van der Waals surface area (Å²) in [5.74, 6) is 0. The molecule has 0 atom stereocenters. The zero-order valence-electron chi connectivity index (χ0n) is 11.5. The quantitative estimate of drug-likeness (QED) is 0.546. The van der Waals surface area contributed by atoms with Gasteiger partial charge in [0.15, 0.2) is 0 Å². The first-order valence-corrected chi connectivity index (χ1v) is 8.95. The number of benzene rings is 2. The van der Waals surface area contributed by atoms with Gasteiger partial charge in [-0.2, -0.15) is 0 Å². The Bertz CT molecular complexity index is 860. The number of rotatable bonds is 2. The number of nitrogens with zero attached hydrogens (tertiary/aromatic N) is 1. The van der Waals surface area contributed by atoms with Crippen molar-refractivity contribution >= 4 is 34.7 Å². The highest BCUT2D eigenvalue weighted by molar-refractivity contribution is 7.99. The number of thiazole rings is 1. The molecule has 5 heteroatoms. The molecular formula is C17H12ClNOS2. The van der Waals surface area contributed by atoms with Gasteiger partial charge in [-0.3, -0.25) is 0 Å². The Morgan fingerprint density at radius 2 is 1.91 bits per heavy atom. The molecule has 0 amide bonds. The highest BCUT2D eigenvalue weighted by atomic mass is 35.5. The second-order valence-electron chi connectivity index (χ2n) is 5.00. The summed E-state index contributed by atoms with van der Waals surface area (Å²) in [6, 6.07) is 14.3. The summed E-state index contributed by atoms with van der Waals surface area (Å²) >= 11 is 9.57. The molecule has 0 spiro atoms. The van der Waals surface area contributed by atoms with Crippen molar-refractivity contribution < 1.29 is 5.11 Å². The van der Waals surface area contributed by atoms with E-state index >= 15 is 0 Å². The van der Waals surface area contributed by atoms with Gasteiger partial charge in [0.05, 0.1) is 15.6 Å². The lowest BCUT2D eigenvalue weighted by Gasteiger charge is -2.06. The lowest BCUT2D eigenvalue weighted by atomic mass is 10.1. The largest absolute Gasteiger partial charge is 0.396 e. The van der Waals surface area contributed by atoms with Crippen LogP contribution in [0.5, 0.6) is 0 Å². The maximum atomic E-state index is 9.21. The Kier molecular flexibility index (Phi) is 3.70. The zero-order valence-corrected chi connectivity index (χ0v) is 13.9. The molecule has 0 saturated heterocycles. The third-order valence-corrected chi connectivity index (χ3v) is 6.06. The van der Waals surface area contributed by atoms with Crippen molar-refractivity contribution in [3.05, 3.63) is 52.5 Å². The van der Waals surface area contributed by atoms with Crippen molar-refractivity contribution in [3.63, 3.8) is 0 Å². The Balaban J connectivity index is 2.02. The first-order valence-electron chi connectivity index (χ1n) is 6.94. The molecule has 3 aromatic rings. The zero-order chi connectivity index (χ0) is 15.1. The average molecular weight is 346 g/mol. The van der Waals surface area contributed by atoms with Crippen molar-refractivity contribution in [2.45, 2.75) is 16.2 Å². The average Bonchev–Trinajstić information content (AvgIpc) is 2.87. The third-order valence-electron chi connectivity index (χ3n) is 3.55. The maximum Gasteiger partial charge on any atom is 0.0961 e. The van der Waals surface area contributed by atoms with Gasteiger partial charge in [0.1, 0.15) is 0 Å². The minimum absolute atomic E-state index is 0.121. The second-order valence-corrected chi connectivity index (χ2v) is 7.60. The summed E-state index contributed by atoms with van der Waals surface area (Å²) in [5.41, 5.74) is 3.31. The van der Waals surface area contributed by atoms with Crippen LogP contribution in [0.15, 0.2) is 52.3 Å². The van der Waals surface area contributed by atoms with Crippen LogP contribution in [0.1, 0.15) is 5.01 Å². The van der Waals surface area contributed by atoms with Gasteiger partial charge in [-0.25, -0.2) is 4.98 Å². The standard InChI is InChI=1S/C17H12ClNOS2/c18-10-5-6-11-14(9-10)21-13-4-2-1-3-12(13)17-16(11)19-15(22-17)7-8-20/h1-6,9,20H,7-8H2. The van der Waals surface area contributed by atoms with E-state index in [9.17, 15) is 5.11 Å². The van der Waals surface area contributed by atoms with Gasteiger partial charge < -0.3 is 5.11 Å². The third kappa shape index (κ3) is 2.36. The molecule has 1 N–H and O–H groups in total. The molecule has 22 heavy (non-hydrogen) atoms. The number of hydrogen-bond acceptors (Lipinski definition) is 4. The van der Waals surface area contributed by atoms with E-state index in [0.717, 1.165) is 26.2 Å². The van der Waals surface area contributed by atoms with Crippen LogP contribution in [0, 0.1) is 0 Å². The van der Waals surface area contributed by atoms with Crippen molar-refractivity contribution in [1.82, 2.24) is 4.98 Å². The minimum Gasteiger partial charge on any atom is -0.396 e. The van der Waals surface area contributed by atoms with E-state index in [4.69, 9.17) is 16.6 Å². The highest BCUT2D eigenvalue weighted by Crippen LogP contribution is 2.50. The lowest BCUT2D eigenvalue weighted by molar-refractivity contribution is 0.299. The molecule has 1 aliphatic heterocycles. The molecule has 1 aliphatic rings. The first-order chi connectivity index (χ1) is 10.8. The maximum absolute atomic E-state index is 9.21. The van der Waals surface area contributed by atoms with Gasteiger partial charge in [-0.15, -0.1) is 11.3 Å². The summed E-state index contributed by atoms with van der Waals surface area (Å²) in [5, 5.41) is 10.9. The van der Waals surface area contributed by atoms with Crippen molar-refractivity contribution in [2.24, 2.45) is 0 Å². The summed E-state index contributed by atoms with van der Waals surface area (Å²) < 4.78 is 0. The molecule has 0 saturated carbocycles. The molecule has 0 fully saturated rings. The predicted octanol–water partition coefficient (Wildman–Crippen LogP) is 5.13. The molecule has 4 rings (SSSR count). The molecule has 2 heterocycles. The van der Waals surface area contributed by atoms with Crippen molar-refractivity contribution in [1.29, 1.82) is 0 Å². The van der Waals surface area contributed by atoms with Crippen LogP contribution in [0.4, 0.5) is 0 Å². The molecule has 0 unspecified atom stereocenters. The van der Waals surface area contributed by atoms with Crippen molar-refractivity contribution in [2.75, 3.05) is 6.61 Å². The van der Waals surface area contributed by atoms with Gasteiger partial charge in [0.25, 0.3) is 0 Å². The van der Waals surface area contributed by atoms with Crippen LogP contribution in [-0.2, 0) is 6.42 Å². The Labute approximate surface area is 141 Å². The van der Waals surface area contributed by atoms with E-state index in [-0.39, 0.29) is 6.61 Å². The van der Waals surface area contributed by atoms with E-state index in [1.807, 2.05) is 18.2 Å². The van der Waals surface area contributed by atoms with E-state index in [1.165, 1.54) is 15.3 Å². The van der Waals surface area contributed by atoms with Gasteiger partial charge in [0.2, 0.25) is 0 Å². The van der Waals surface area contributed by atoms with Gasteiger partial charge >= 0.3 is 0 Å². The Morgan fingerprint density at radius 1 is 1.05 bits per heavy atom. The van der Waals surface area contributed by atoms with Gasteiger partial charge in [-0.1, -0.05) is 47.6 Å². The van der Waals surface area contributed by atoms with Crippen LogP contribution in [0.25, 0.3) is 21.7 Å². The molecule has 0 bridgehead atoms. The van der Waals surface area contributed by atoms with Crippen molar-refractivity contribution in [3.8, 4) is 21.7 Å². The molecular weight excluding hydrogens is 334 g/mol. The normalized spacial score (nSPS) is 12.3. The Hall–Kier alpha value is -1.33. The summed E-state index contributed by atoms with van der Waals surface area (Å²) in [4.78, 5) is 8.28. The van der Waals surface area contributed by atoms with Gasteiger partial charge in [-0.05, 0) is 18.2 Å². The van der Waals surface area contributed by atoms with E-state index in [2.05, 4.69) is 24.3 Å². The monoisotopic (exact) mass is 345 g/mol. The van der Waals surface area contributed by atoms with Crippen LogP contribution < -0.4 is 0 Å². The first kappa shape index (κ1) is 14.3.